The molecule has 0 saturated carbocycles. The Bertz CT molecular complexity index is 727. The van der Waals surface area contributed by atoms with Crippen LogP contribution in [0.15, 0.2) is 24.3 Å². The maximum Gasteiger partial charge on any atom is 0.433 e. The van der Waals surface area contributed by atoms with Crippen LogP contribution in [-0.4, -0.2) is 9.97 Å². The van der Waals surface area contributed by atoms with Gasteiger partial charge in [0.1, 0.15) is 23.2 Å². The van der Waals surface area contributed by atoms with Crippen LogP contribution >= 0.6 is 11.6 Å². The molecule has 0 aliphatic heterocycles. The largest absolute Gasteiger partial charge is 0.437 e. The fraction of sp³-hybridized carbons (Fsp3) is 0.0833. The predicted molar refractivity (Wildman–Crippen MR) is 63.2 cm³/mol. The molecule has 1 aromatic heterocycles. The SMILES string of the molecule is N#Cc1c(F)cccc1Oc1cc(C(F)(F)F)nc(Cl)n1. The molecular weight excluding hydrogens is 314 g/mol. The number of aromatic nitrogens is 2. The van der Waals surface area contributed by atoms with Gasteiger partial charge in [-0.05, 0) is 23.7 Å². The molecule has 1 aromatic carbocycles. The molecule has 0 saturated heterocycles. The average Bonchev–Trinajstić information content (AvgIpc) is 2.37. The van der Waals surface area contributed by atoms with Gasteiger partial charge < -0.3 is 4.74 Å². The van der Waals surface area contributed by atoms with E-state index in [1.165, 1.54) is 12.1 Å². The third-order valence-electron chi connectivity index (χ3n) is 2.27. The number of halogens is 5. The van der Waals surface area contributed by atoms with Gasteiger partial charge in [-0.1, -0.05) is 6.07 Å². The summed E-state index contributed by atoms with van der Waals surface area (Å²) in [6, 6.07) is 5.50. The Hall–Kier alpha value is -2.40. The predicted octanol–water partition coefficient (Wildman–Crippen LogP) is 3.95. The highest BCUT2D eigenvalue weighted by Gasteiger charge is 2.34. The molecule has 0 fully saturated rings. The van der Waals surface area contributed by atoms with E-state index in [2.05, 4.69) is 9.97 Å². The van der Waals surface area contributed by atoms with Gasteiger partial charge in [-0.15, -0.1) is 0 Å². The number of nitriles is 1. The van der Waals surface area contributed by atoms with Gasteiger partial charge in [-0.25, -0.2) is 9.37 Å². The first-order valence-electron chi connectivity index (χ1n) is 5.29. The lowest BCUT2D eigenvalue weighted by molar-refractivity contribution is -0.141. The highest BCUT2D eigenvalue weighted by molar-refractivity contribution is 6.28. The molecule has 0 atom stereocenters. The van der Waals surface area contributed by atoms with Crippen molar-refractivity contribution in [3.63, 3.8) is 0 Å². The van der Waals surface area contributed by atoms with Crippen LogP contribution in [0, 0.1) is 17.1 Å². The number of rotatable bonds is 2. The summed E-state index contributed by atoms with van der Waals surface area (Å²) in [4.78, 5) is 6.47. The van der Waals surface area contributed by atoms with Crippen LogP contribution in [-0.2, 0) is 6.18 Å². The van der Waals surface area contributed by atoms with E-state index in [0.29, 0.717) is 6.07 Å². The Morgan fingerprint density at radius 3 is 2.57 bits per heavy atom. The Morgan fingerprint density at radius 1 is 1.24 bits per heavy atom. The lowest BCUT2D eigenvalue weighted by Crippen LogP contribution is -2.09. The molecule has 2 rings (SSSR count). The number of nitrogens with zero attached hydrogens (tertiary/aromatic N) is 3. The third-order valence-corrected chi connectivity index (χ3v) is 2.44. The zero-order chi connectivity index (χ0) is 15.6. The van der Waals surface area contributed by atoms with Gasteiger partial charge in [0, 0.05) is 6.07 Å². The zero-order valence-corrected chi connectivity index (χ0v) is 10.7. The van der Waals surface area contributed by atoms with Gasteiger partial charge in [0.05, 0.1) is 0 Å². The van der Waals surface area contributed by atoms with Crippen molar-refractivity contribution in [2.45, 2.75) is 6.18 Å². The lowest BCUT2D eigenvalue weighted by atomic mass is 10.2. The molecule has 0 N–H and O–H groups in total. The molecule has 2 aromatic rings. The van der Waals surface area contributed by atoms with Crippen molar-refractivity contribution >= 4 is 11.6 Å². The molecule has 9 heteroatoms. The van der Waals surface area contributed by atoms with E-state index in [1.807, 2.05) is 0 Å². The maximum atomic E-state index is 13.4. The number of benzene rings is 1. The summed E-state index contributed by atoms with van der Waals surface area (Å²) < 4.78 is 56.1. The van der Waals surface area contributed by atoms with Crippen molar-refractivity contribution in [1.82, 2.24) is 9.97 Å². The summed E-state index contributed by atoms with van der Waals surface area (Å²) in [6.07, 6.45) is -4.75. The summed E-state index contributed by atoms with van der Waals surface area (Å²) in [5.41, 5.74) is -1.77. The monoisotopic (exact) mass is 317 g/mol. The van der Waals surface area contributed by atoms with E-state index in [0.717, 1.165) is 6.07 Å². The molecule has 0 aliphatic rings. The molecule has 0 radical (unpaired) electrons. The molecule has 0 amide bonds. The van der Waals surface area contributed by atoms with Crippen molar-refractivity contribution < 1.29 is 22.3 Å². The van der Waals surface area contributed by atoms with Crippen LogP contribution in [0.5, 0.6) is 11.6 Å². The number of ether oxygens (including phenoxy) is 1. The molecule has 108 valence electrons. The first-order chi connectivity index (χ1) is 9.81. The Kier molecular flexibility index (Phi) is 3.95. The smallest absolute Gasteiger partial charge is 0.433 e. The molecule has 0 bridgehead atoms. The molecule has 0 aliphatic carbocycles. The summed E-state index contributed by atoms with van der Waals surface area (Å²) >= 11 is 5.39. The molecule has 21 heavy (non-hydrogen) atoms. The van der Waals surface area contributed by atoms with Gasteiger partial charge in [0.2, 0.25) is 11.2 Å². The Morgan fingerprint density at radius 2 is 1.95 bits per heavy atom. The maximum absolute atomic E-state index is 13.4. The van der Waals surface area contributed by atoms with Crippen LogP contribution < -0.4 is 4.74 Å². The second-order valence-electron chi connectivity index (χ2n) is 3.69. The normalized spacial score (nSPS) is 11.0. The topological polar surface area (TPSA) is 58.8 Å². The van der Waals surface area contributed by atoms with Gasteiger partial charge in [-0.2, -0.15) is 23.4 Å². The van der Waals surface area contributed by atoms with Crippen molar-refractivity contribution in [2.24, 2.45) is 0 Å². The van der Waals surface area contributed by atoms with Crippen molar-refractivity contribution in [3.8, 4) is 17.7 Å². The fourth-order valence-corrected chi connectivity index (χ4v) is 1.58. The summed E-state index contributed by atoms with van der Waals surface area (Å²) in [5.74, 6) is -1.70. The third kappa shape index (κ3) is 3.38. The van der Waals surface area contributed by atoms with Gasteiger partial charge in [0.15, 0.2) is 5.69 Å². The molecular formula is C12H4ClF4N3O. The van der Waals surface area contributed by atoms with E-state index in [-0.39, 0.29) is 5.75 Å². The minimum absolute atomic E-state index is 0.277. The van der Waals surface area contributed by atoms with Crippen molar-refractivity contribution in [1.29, 1.82) is 5.26 Å². The van der Waals surface area contributed by atoms with Crippen LogP contribution in [0.1, 0.15) is 11.3 Å². The second kappa shape index (κ2) is 5.54. The van der Waals surface area contributed by atoms with Crippen molar-refractivity contribution in [3.05, 3.63) is 46.6 Å². The van der Waals surface area contributed by atoms with Gasteiger partial charge >= 0.3 is 6.18 Å². The number of hydrogen-bond acceptors (Lipinski definition) is 4. The van der Waals surface area contributed by atoms with E-state index in [4.69, 9.17) is 21.6 Å². The van der Waals surface area contributed by atoms with Crippen LogP contribution in [0.2, 0.25) is 5.28 Å². The Balaban J connectivity index is 2.44. The van der Waals surface area contributed by atoms with Gasteiger partial charge in [-0.3, -0.25) is 0 Å². The second-order valence-corrected chi connectivity index (χ2v) is 4.02. The van der Waals surface area contributed by atoms with Crippen LogP contribution in [0.25, 0.3) is 0 Å². The molecule has 0 unspecified atom stereocenters. The van der Waals surface area contributed by atoms with Gasteiger partial charge in [0.25, 0.3) is 0 Å². The van der Waals surface area contributed by atoms with E-state index >= 15 is 0 Å². The van der Waals surface area contributed by atoms with E-state index in [9.17, 15) is 17.6 Å². The summed E-state index contributed by atoms with van der Waals surface area (Å²) in [6.45, 7) is 0. The summed E-state index contributed by atoms with van der Waals surface area (Å²) in [5, 5.41) is 8.12. The lowest BCUT2D eigenvalue weighted by Gasteiger charge is -2.10. The fourth-order valence-electron chi connectivity index (χ4n) is 1.40. The number of hydrogen-bond donors (Lipinski definition) is 0. The summed E-state index contributed by atoms with van der Waals surface area (Å²) in [7, 11) is 0. The highest BCUT2D eigenvalue weighted by atomic mass is 35.5. The van der Waals surface area contributed by atoms with Crippen LogP contribution in [0.3, 0.4) is 0 Å². The van der Waals surface area contributed by atoms with Crippen LogP contribution in [0.4, 0.5) is 17.6 Å². The zero-order valence-electron chi connectivity index (χ0n) is 9.95. The Labute approximate surface area is 120 Å². The average molecular weight is 318 g/mol. The van der Waals surface area contributed by atoms with E-state index in [1.54, 1.807) is 6.07 Å². The molecule has 0 spiro atoms. The van der Waals surface area contributed by atoms with Crippen molar-refractivity contribution in [2.75, 3.05) is 0 Å². The molecule has 1 heterocycles. The van der Waals surface area contributed by atoms with E-state index < -0.39 is 34.4 Å². The standard InChI is InChI=1S/C12H4ClF4N3O/c13-11-19-9(12(15,16)17)4-10(20-11)21-8-3-1-2-7(14)6(8)5-18/h1-4H. The molecule has 4 nitrogen and oxygen atoms in total. The first kappa shape index (κ1) is 15.0. The minimum atomic E-state index is -4.75. The minimum Gasteiger partial charge on any atom is -0.437 e. The number of alkyl halides is 3. The quantitative estimate of drug-likeness (QED) is 0.621. The highest BCUT2D eigenvalue weighted by Crippen LogP contribution is 2.32. The first-order valence-corrected chi connectivity index (χ1v) is 5.67.